The van der Waals surface area contributed by atoms with Crippen molar-refractivity contribution >= 4 is 33.6 Å². The van der Waals surface area contributed by atoms with Gasteiger partial charge < -0.3 is 0 Å². The minimum atomic E-state index is -0.200. The molecule has 0 aromatic rings. The van der Waals surface area contributed by atoms with Crippen molar-refractivity contribution in [3.8, 4) is 0 Å². The third-order valence-corrected chi connectivity index (χ3v) is 4.06. The Labute approximate surface area is 65.2 Å². The van der Waals surface area contributed by atoms with Gasteiger partial charge in [-0.15, -0.1) is 0 Å². The first kappa shape index (κ1) is 6.51. The van der Waals surface area contributed by atoms with E-state index in [0.717, 1.165) is 0 Å². The van der Waals surface area contributed by atoms with Gasteiger partial charge in [0.25, 0.3) is 5.91 Å². The third-order valence-electron chi connectivity index (χ3n) is 1.28. The van der Waals surface area contributed by atoms with E-state index >= 15 is 0 Å². The molecule has 2 rings (SSSR count). The molecule has 0 aromatic carbocycles. The summed E-state index contributed by atoms with van der Waals surface area (Å²) in [4.78, 5) is 21.5. The molecule has 10 heavy (non-hydrogen) atoms. The van der Waals surface area contributed by atoms with Gasteiger partial charge in [0.2, 0.25) is 5.91 Å². The summed E-state index contributed by atoms with van der Waals surface area (Å²) in [7, 11) is 2.94. The van der Waals surface area contributed by atoms with Gasteiger partial charge in [-0.05, 0) is 21.8 Å². The number of piperazine rings is 1. The van der Waals surface area contributed by atoms with E-state index in [1.54, 1.807) is 4.31 Å². The van der Waals surface area contributed by atoms with Crippen LogP contribution in [0.5, 0.6) is 0 Å². The standard InChI is InChI=1S/C4H4N2O2S2/c7-2-1-6-4(9-10-6)3(8)5-2/h4H,1H2,(H,5,7,8). The zero-order chi connectivity index (χ0) is 7.14. The molecule has 1 unspecified atom stereocenters. The lowest BCUT2D eigenvalue weighted by Gasteiger charge is -2.38. The van der Waals surface area contributed by atoms with E-state index in [1.807, 2.05) is 0 Å². The van der Waals surface area contributed by atoms with Gasteiger partial charge in [0.05, 0.1) is 6.54 Å². The largest absolute Gasteiger partial charge is 0.293 e. The van der Waals surface area contributed by atoms with Crippen LogP contribution in [-0.2, 0) is 9.59 Å². The second kappa shape index (κ2) is 2.14. The van der Waals surface area contributed by atoms with Gasteiger partial charge in [-0.1, -0.05) is 0 Å². The van der Waals surface area contributed by atoms with Crippen LogP contribution in [0.3, 0.4) is 0 Å². The summed E-state index contributed by atoms with van der Waals surface area (Å²) in [5.41, 5.74) is 0. The van der Waals surface area contributed by atoms with Crippen molar-refractivity contribution in [1.29, 1.82) is 0 Å². The van der Waals surface area contributed by atoms with Gasteiger partial charge in [0, 0.05) is 0 Å². The molecule has 1 N–H and O–H groups in total. The first-order valence-electron chi connectivity index (χ1n) is 2.71. The molecular formula is C4H4N2O2S2. The highest BCUT2D eigenvalue weighted by atomic mass is 33.1. The molecule has 0 saturated carbocycles. The summed E-state index contributed by atoms with van der Waals surface area (Å²) in [6, 6.07) is 0. The summed E-state index contributed by atoms with van der Waals surface area (Å²) in [6.07, 6.45) is 0. The number of hydrogen-bond donors (Lipinski definition) is 1. The van der Waals surface area contributed by atoms with Crippen LogP contribution in [0.4, 0.5) is 0 Å². The lowest BCUT2D eigenvalue weighted by Crippen LogP contribution is -2.57. The zero-order valence-corrected chi connectivity index (χ0v) is 6.50. The Morgan fingerprint density at radius 1 is 1.60 bits per heavy atom. The molecule has 2 heterocycles. The Bertz CT molecular complexity index is 207. The molecule has 2 saturated heterocycles. The highest BCUT2D eigenvalue weighted by molar-refractivity contribution is 8.78. The van der Waals surface area contributed by atoms with Crippen LogP contribution in [0.15, 0.2) is 0 Å². The number of imide groups is 1. The fourth-order valence-corrected chi connectivity index (χ4v) is 2.89. The van der Waals surface area contributed by atoms with E-state index in [9.17, 15) is 9.59 Å². The van der Waals surface area contributed by atoms with Crippen LogP contribution in [0.25, 0.3) is 0 Å². The van der Waals surface area contributed by atoms with Gasteiger partial charge in [0.15, 0.2) is 5.37 Å². The average molecular weight is 176 g/mol. The number of rotatable bonds is 0. The van der Waals surface area contributed by atoms with Gasteiger partial charge in [-0.3, -0.25) is 14.9 Å². The predicted octanol–water partition coefficient (Wildman–Crippen LogP) is -0.419. The Morgan fingerprint density at radius 3 is 2.90 bits per heavy atom. The molecule has 2 amide bonds. The van der Waals surface area contributed by atoms with E-state index in [2.05, 4.69) is 5.32 Å². The SMILES string of the molecule is O=C1CN2SSC2C(=O)N1. The van der Waals surface area contributed by atoms with Crippen molar-refractivity contribution in [1.82, 2.24) is 9.62 Å². The number of carbonyl (C=O) groups excluding carboxylic acids is 2. The fourth-order valence-electron chi connectivity index (χ4n) is 0.811. The molecule has 0 aliphatic carbocycles. The lowest BCUT2D eigenvalue weighted by molar-refractivity contribution is -0.134. The molecule has 4 nitrogen and oxygen atoms in total. The molecule has 54 valence electrons. The molecular weight excluding hydrogens is 172 g/mol. The van der Waals surface area contributed by atoms with Crippen LogP contribution in [0.2, 0.25) is 0 Å². The third kappa shape index (κ3) is 0.834. The van der Waals surface area contributed by atoms with Gasteiger partial charge in [-0.2, -0.15) is 0 Å². The Hall–Kier alpha value is -0.200. The molecule has 2 aliphatic rings. The molecule has 2 fully saturated rings. The van der Waals surface area contributed by atoms with Crippen LogP contribution < -0.4 is 5.32 Å². The van der Waals surface area contributed by atoms with Crippen molar-refractivity contribution in [3.05, 3.63) is 0 Å². The first-order chi connectivity index (χ1) is 4.77. The minimum absolute atomic E-state index is 0.123. The van der Waals surface area contributed by atoms with Crippen LogP contribution >= 0.6 is 21.8 Å². The highest BCUT2D eigenvalue weighted by Crippen LogP contribution is 2.46. The smallest absolute Gasteiger partial charge is 0.256 e. The lowest BCUT2D eigenvalue weighted by atomic mass is 10.4. The molecule has 6 heteroatoms. The summed E-state index contributed by atoms with van der Waals surface area (Å²) in [5.74, 6) is -0.381. The van der Waals surface area contributed by atoms with Crippen LogP contribution in [0, 0.1) is 0 Å². The minimum Gasteiger partial charge on any atom is -0.293 e. The predicted molar refractivity (Wildman–Crippen MR) is 38.8 cm³/mol. The number of nitrogens with zero attached hydrogens (tertiary/aromatic N) is 1. The number of fused-ring (bicyclic) bond motifs is 1. The maximum atomic E-state index is 10.9. The number of carbonyl (C=O) groups is 2. The fraction of sp³-hybridized carbons (Fsp3) is 0.500. The van der Waals surface area contributed by atoms with Crippen molar-refractivity contribution < 1.29 is 9.59 Å². The van der Waals surface area contributed by atoms with E-state index in [4.69, 9.17) is 0 Å². The van der Waals surface area contributed by atoms with Gasteiger partial charge >= 0.3 is 0 Å². The highest BCUT2D eigenvalue weighted by Gasteiger charge is 2.42. The Kier molecular flexibility index (Phi) is 1.40. The molecule has 0 radical (unpaired) electrons. The zero-order valence-electron chi connectivity index (χ0n) is 4.86. The summed E-state index contributed by atoms with van der Waals surface area (Å²) < 4.78 is 1.77. The van der Waals surface area contributed by atoms with Crippen molar-refractivity contribution in [3.63, 3.8) is 0 Å². The maximum absolute atomic E-state index is 10.9. The molecule has 1 atom stereocenters. The average Bonchev–Trinajstić information content (AvgIpc) is 1.77. The Balaban J connectivity index is 2.13. The monoisotopic (exact) mass is 176 g/mol. The van der Waals surface area contributed by atoms with Crippen LogP contribution in [-0.4, -0.2) is 28.0 Å². The number of amides is 2. The second-order valence-electron chi connectivity index (χ2n) is 2.01. The normalized spacial score (nSPS) is 32.6. The van der Waals surface area contributed by atoms with E-state index in [-0.39, 0.29) is 17.2 Å². The number of nitrogens with one attached hydrogen (secondary N) is 1. The van der Waals surface area contributed by atoms with E-state index in [0.29, 0.717) is 6.54 Å². The first-order valence-corrected chi connectivity index (χ1v) is 4.88. The maximum Gasteiger partial charge on any atom is 0.256 e. The quantitative estimate of drug-likeness (QED) is 0.308. The topological polar surface area (TPSA) is 49.4 Å². The summed E-state index contributed by atoms with van der Waals surface area (Å²) >= 11 is 0. The van der Waals surface area contributed by atoms with E-state index < -0.39 is 0 Å². The van der Waals surface area contributed by atoms with Crippen molar-refractivity contribution in [2.75, 3.05) is 6.54 Å². The summed E-state index contributed by atoms with van der Waals surface area (Å²) in [5, 5.41) is 2.13. The van der Waals surface area contributed by atoms with E-state index in [1.165, 1.54) is 21.8 Å². The van der Waals surface area contributed by atoms with Crippen molar-refractivity contribution in [2.45, 2.75) is 5.37 Å². The second-order valence-corrected chi connectivity index (χ2v) is 4.29. The van der Waals surface area contributed by atoms with Crippen LogP contribution in [0.1, 0.15) is 0 Å². The van der Waals surface area contributed by atoms with Crippen molar-refractivity contribution in [2.24, 2.45) is 0 Å². The molecule has 0 spiro atoms. The molecule has 2 aliphatic heterocycles. The number of hydrogen-bond acceptors (Lipinski definition) is 5. The van der Waals surface area contributed by atoms with Gasteiger partial charge in [-0.25, -0.2) is 4.31 Å². The summed E-state index contributed by atoms with van der Waals surface area (Å²) in [6.45, 7) is 0.341. The molecule has 0 aromatic heterocycles. The molecule has 0 bridgehead atoms. The Morgan fingerprint density at radius 2 is 2.40 bits per heavy atom. The van der Waals surface area contributed by atoms with Gasteiger partial charge in [0.1, 0.15) is 0 Å².